The van der Waals surface area contributed by atoms with Crippen molar-refractivity contribution in [3.8, 4) is 0 Å². The standard InChI is InChI=1S/C16H26N2O3/c1-6-13-12(14(19)20-9-4)11-17-15(18-13)16(7-2,8-3)21-10-5/h11H,6-10H2,1-5H3. The normalized spacial score (nSPS) is 11.5. The van der Waals surface area contributed by atoms with Gasteiger partial charge in [0.25, 0.3) is 0 Å². The largest absolute Gasteiger partial charge is 0.462 e. The van der Waals surface area contributed by atoms with Crippen LogP contribution in [-0.4, -0.2) is 29.2 Å². The second-order valence-electron chi connectivity index (χ2n) is 4.76. The smallest absolute Gasteiger partial charge is 0.341 e. The number of esters is 1. The quantitative estimate of drug-likeness (QED) is 0.689. The second-order valence-corrected chi connectivity index (χ2v) is 4.76. The average molecular weight is 294 g/mol. The van der Waals surface area contributed by atoms with E-state index < -0.39 is 5.60 Å². The van der Waals surface area contributed by atoms with Crippen molar-refractivity contribution in [2.45, 2.75) is 59.5 Å². The molecule has 1 aromatic heterocycles. The van der Waals surface area contributed by atoms with Crippen molar-refractivity contribution in [3.05, 3.63) is 23.3 Å². The molecule has 0 fully saturated rings. The number of carbonyl (C=O) groups excluding carboxylic acids is 1. The summed E-state index contributed by atoms with van der Waals surface area (Å²) in [5.41, 5.74) is 0.677. The summed E-state index contributed by atoms with van der Waals surface area (Å²) >= 11 is 0. The highest BCUT2D eigenvalue weighted by Gasteiger charge is 2.33. The molecule has 1 heterocycles. The van der Waals surface area contributed by atoms with Crippen molar-refractivity contribution in [1.82, 2.24) is 9.97 Å². The van der Waals surface area contributed by atoms with E-state index in [1.165, 1.54) is 0 Å². The summed E-state index contributed by atoms with van der Waals surface area (Å²) in [5, 5.41) is 0. The number of aromatic nitrogens is 2. The third-order valence-electron chi connectivity index (χ3n) is 3.67. The van der Waals surface area contributed by atoms with Crippen molar-refractivity contribution in [2.24, 2.45) is 0 Å². The Morgan fingerprint density at radius 1 is 1.14 bits per heavy atom. The summed E-state index contributed by atoms with van der Waals surface area (Å²) in [6.07, 6.45) is 3.80. The Morgan fingerprint density at radius 3 is 2.29 bits per heavy atom. The lowest BCUT2D eigenvalue weighted by Gasteiger charge is -2.30. The van der Waals surface area contributed by atoms with Crippen molar-refractivity contribution in [2.75, 3.05) is 13.2 Å². The molecule has 0 spiro atoms. The fourth-order valence-electron chi connectivity index (χ4n) is 2.40. The third kappa shape index (κ3) is 3.79. The molecule has 0 saturated heterocycles. The van der Waals surface area contributed by atoms with Gasteiger partial charge in [-0.1, -0.05) is 20.8 Å². The summed E-state index contributed by atoms with van der Waals surface area (Å²) in [6, 6.07) is 0. The van der Waals surface area contributed by atoms with Gasteiger partial charge in [0.15, 0.2) is 5.82 Å². The zero-order valence-corrected chi connectivity index (χ0v) is 13.7. The fourth-order valence-corrected chi connectivity index (χ4v) is 2.40. The van der Waals surface area contributed by atoms with Gasteiger partial charge in [-0.25, -0.2) is 14.8 Å². The minimum absolute atomic E-state index is 0.344. The van der Waals surface area contributed by atoms with Crippen LogP contribution in [0.3, 0.4) is 0 Å². The van der Waals surface area contributed by atoms with Gasteiger partial charge >= 0.3 is 5.97 Å². The van der Waals surface area contributed by atoms with E-state index in [1.54, 1.807) is 13.1 Å². The molecular formula is C16H26N2O3. The highest BCUT2D eigenvalue weighted by atomic mass is 16.5. The molecule has 0 atom stereocenters. The first-order valence-corrected chi connectivity index (χ1v) is 7.75. The molecule has 1 aromatic rings. The number of carbonyl (C=O) groups is 1. The number of nitrogens with zero attached hydrogens (tertiary/aromatic N) is 2. The maximum Gasteiger partial charge on any atom is 0.341 e. The SMILES string of the molecule is CCOC(=O)c1cnc(C(CC)(CC)OCC)nc1CC. The van der Waals surface area contributed by atoms with Crippen LogP contribution < -0.4 is 0 Å². The van der Waals surface area contributed by atoms with E-state index in [0.717, 1.165) is 12.8 Å². The van der Waals surface area contributed by atoms with Gasteiger partial charge in [0, 0.05) is 12.8 Å². The van der Waals surface area contributed by atoms with Gasteiger partial charge in [-0.15, -0.1) is 0 Å². The number of ether oxygens (including phenoxy) is 2. The maximum absolute atomic E-state index is 11.9. The molecule has 0 bridgehead atoms. The van der Waals surface area contributed by atoms with Crippen LogP contribution in [0.15, 0.2) is 6.20 Å². The van der Waals surface area contributed by atoms with E-state index >= 15 is 0 Å². The first kappa shape index (κ1) is 17.6. The molecule has 0 saturated carbocycles. The van der Waals surface area contributed by atoms with Gasteiger partial charge in [-0.05, 0) is 33.1 Å². The molecule has 0 aliphatic heterocycles. The lowest BCUT2D eigenvalue weighted by atomic mass is 9.95. The Kier molecular flexibility index (Phi) is 6.75. The zero-order chi connectivity index (χ0) is 15.9. The highest BCUT2D eigenvalue weighted by Crippen LogP contribution is 2.31. The highest BCUT2D eigenvalue weighted by molar-refractivity contribution is 5.90. The molecule has 0 unspecified atom stereocenters. The predicted molar refractivity (Wildman–Crippen MR) is 81.3 cm³/mol. The lowest BCUT2D eigenvalue weighted by molar-refractivity contribution is -0.0573. The molecule has 118 valence electrons. The lowest BCUT2D eigenvalue weighted by Crippen LogP contribution is -2.31. The van der Waals surface area contributed by atoms with E-state index in [-0.39, 0.29) is 5.97 Å². The Labute approximate surface area is 127 Å². The van der Waals surface area contributed by atoms with Crippen LogP contribution in [0.4, 0.5) is 0 Å². The molecule has 1 rings (SSSR count). The summed E-state index contributed by atoms with van der Waals surface area (Å²) in [6.45, 7) is 10.8. The molecule has 0 aromatic carbocycles. The monoisotopic (exact) mass is 294 g/mol. The molecule has 0 N–H and O–H groups in total. The second kappa shape index (κ2) is 8.08. The van der Waals surface area contributed by atoms with E-state index in [9.17, 15) is 4.79 Å². The molecule has 0 aliphatic rings. The Morgan fingerprint density at radius 2 is 1.81 bits per heavy atom. The molecule has 0 radical (unpaired) electrons. The number of hydrogen-bond acceptors (Lipinski definition) is 5. The van der Waals surface area contributed by atoms with Gasteiger partial charge in [0.2, 0.25) is 0 Å². The predicted octanol–water partition coefficient (Wildman–Crippen LogP) is 3.27. The zero-order valence-electron chi connectivity index (χ0n) is 13.7. The summed E-state index contributed by atoms with van der Waals surface area (Å²) in [5.74, 6) is 0.287. The van der Waals surface area contributed by atoms with Gasteiger partial charge in [0.05, 0.1) is 17.9 Å². The van der Waals surface area contributed by atoms with E-state index in [2.05, 4.69) is 23.8 Å². The fraction of sp³-hybridized carbons (Fsp3) is 0.688. The van der Waals surface area contributed by atoms with Gasteiger partial charge in [-0.3, -0.25) is 0 Å². The van der Waals surface area contributed by atoms with Gasteiger partial charge in [0.1, 0.15) is 5.60 Å². The van der Waals surface area contributed by atoms with Crippen LogP contribution in [0.2, 0.25) is 0 Å². The van der Waals surface area contributed by atoms with Crippen LogP contribution in [0.25, 0.3) is 0 Å². The number of aryl methyl sites for hydroxylation is 1. The van der Waals surface area contributed by atoms with Crippen molar-refractivity contribution >= 4 is 5.97 Å². The van der Waals surface area contributed by atoms with Crippen LogP contribution in [0.1, 0.15) is 69.3 Å². The van der Waals surface area contributed by atoms with E-state index in [0.29, 0.717) is 36.7 Å². The molecule has 5 nitrogen and oxygen atoms in total. The first-order valence-electron chi connectivity index (χ1n) is 7.75. The maximum atomic E-state index is 11.9. The average Bonchev–Trinajstić information content (AvgIpc) is 2.52. The molecule has 21 heavy (non-hydrogen) atoms. The van der Waals surface area contributed by atoms with Gasteiger partial charge in [-0.2, -0.15) is 0 Å². The minimum atomic E-state index is -0.480. The number of hydrogen-bond donors (Lipinski definition) is 0. The summed E-state index contributed by atoms with van der Waals surface area (Å²) < 4.78 is 11.0. The van der Waals surface area contributed by atoms with Crippen molar-refractivity contribution in [1.29, 1.82) is 0 Å². The summed E-state index contributed by atoms with van der Waals surface area (Å²) in [4.78, 5) is 20.9. The summed E-state index contributed by atoms with van der Waals surface area (Å²) in [7, 11) is 0. The third-order valence-corrected chi connectivity index (χ3v) is 3.67. The Balaban J connectivity index is 3.24. The van der Waals surface area contributed by atoms with Gasteiger partial charge < -0.3 is 9.47 Å². The molecule has 0 amide bonds. The first-order chi connectivity index (χ1) is 10.1. The Bertz CT molecular complexity index is 471. The number of rotatable bonds is 8. The topological polar surface area (TPSA) is 61.3 Å². The van der Waals surface area contributed by atoms with Crippen LogP contribution in [0.5, 0.6) is 0 Å². The molecular weight excluding hydrogens is 268 g/mol. The van der Waals surface area contributed by atoms with Crippen LogP contribution >= 0.6 is 0 Å². The van der Waals surface area contributed by atoms with E-state index in [4.69, 9.17) is 9.47 Å². The minimum Gasteiger partial charge on any atom is -0.462 e. The van der Waals surface area contributed by atoms with Crippen LogP contribution in [-0.2, 0) is 21.5 Å². The van der Waals surface area contributed by atoms with Crippen LogP contribution in [0, 0.1) is 0 Å². The van der Waals surface area contributed by atoms with E-state index in [1.807, 2.05) is 13.8 Å². The van der Waals surface area contributed by atoms with Crippen molar-refractivity contribution < 1.29 is 14.3 Å². The molecule has 0 aliphatic carbocycles. The van der Waals surface area contributed by atoms with Crippen molar-refractivity contribution in [3.63, 3.8) is 0 Å². The molecule has 5 heteroatoms. The Hall–Kier alpha value is -1.49.